The third-order valence-corrected chi connectivity index (χ3v) is 3.43. The molecule has 0 unspecified atom stereocenters. The number of ether oxygens (including phenoxy) is 1. The Bertz CT molecular complexity index is 682. The molecule has 1 nitrogen and oxygen atoms in total. The lowest BCUT2D eigenvalue weighted by atomic mass is 10.0. The van der Waals surface area contributed by atoms with E-state index in [4.69, 9.17) is 4.74 Å². The summed E-state index contributed by atoms with van der Waals surface area (Å²) in [6, 6.07) is 26.8. The highest BCUT2D eigenvalue weighted by atomic mass is 16.5. The van der Waals surface area contributed by atoms with Crippen LogP contribution >= 0.6 is 0 Å². The molecule has 104 valence electrons. The monoisotopic (exact) mass is 274 g/mol. The van der Waals surface area contributed by atoms with Crippen LogP contribution in [0.4, 0.5) is 0 Å². The second-order valence-corrected chi connectivity index (χ2v) is 5.22. The summed E-state index contributed by atoms with van der Waals surface area (Å²) in [6.45, 7) is 2.11. The number of benzene rings is 3. The van der Waals surface area contributed by atoms with Crippen LogP contribution in [0.2, 0.25) is 0 Å². The highest BCUT2D eigenvalue weighted by Gasteiger charge is 1.99. The average Bonchev–Trinajstić information content (AvgIpc) is 2.53. The molecule has 0 spiro atoms. The van der Waals surface area contributed by atoms with Gasteiger partial charge in [0.25, 0.3) is 0 Å². The molecule has 0 saturated carbocycles. The maximum atomic E-state index is 5.80. The van der Waals surface area contributed by atoms with Crippen molar-refractivity contribution in [1.29, 1.82) is 0 Å². The summed E-state index contributed by atoms with van der Waals surface area (Å²) in [5.41, 5.74) is 3.92. The van der Waals surface area contributed by atoms with Gasteiger partial charge >= 0.3 is 0 Å². The van der Waals surface area contributed by atoms with Crippen LogP contribution in [0.25, 0.3) is 0 Å². The molecule has 0 fully saturated rings. The van der Waals surface area contributed by atoms with E-state index in [0.29, 0.717) is 0 Å². The minimum absolute atomic E-state index is 0.865. The minimum Gasteiger partial charge on any atom is -0.457 e. The Hall–Kier alpha value is -2.54. The molecule has 0 aliphatic heterocycles. The highest BCUT2D eigenvalue weighted by Crippen LogP contribution is 2.22. The third kappa shape index (κ3) is 3.73. The Morgan fingerprint density at radius 3 is 1.76 bits per heavy atom. The second kappa shape index (κ2) is 6.27. The standard InChI is InChI=1S/C20H18O/c1-16-7-9-17(10-8-16)15-18-11-13-20(14-12-18)21-19-5-3-2-4-6-19/h2-14H,15H2,1H3. The van der Waals surface area contributed by atoms with Crippen molar-refractivity contribution in [1.82, 2.24) is 0 Å². The predicted molar refractivity (Wildman–Crippen MR) is 86.9 cm³/mol. The van der Waals surface area contributed by atoms with Gasteiger partial charge in [-0.15, -0.1) is 0 Å². The summed E-state index contributed by atoms with van der Waals surface area (Å²) in [7, 11) is 0. The van der Waals surface area contributed by atoms with Gasteiger partial charge in [0, 0.05) is 0 Å². The Kier molecular flexibility index (Phi) is 4.02. The van der Waals surface area contributed by atoms with Crippen molar-refractivity contribution < 1.29 is 4.74 Å². The van der Waals surface area contributed by atoms with Crippen molar-refractivity contribution in [3.63, 3.8) is 0 Å². The molecule has 0 heterocycles. The lowest BCUT2D eigenvalue weighted by Crippen LogP contribution is -1.89. The highest BCUT2D eigenvalue weighted by molar-refractivity contribution is 5.35. The zero-order chi connectivity index (χ0) is 14.5. The lowest BCUT2D eigenvalue weighted by Gasteiger charge is -2.07. The third-order valence-electron chi connectivity index (χ3n) is 3.43. The van der Waals surface area contributed by atoms with E-state index < -0.39 is 0 Å². The fourth-order valence-corrected chi connectivity index (χ4v) is 2.24. The average molecular weight is 274 g/mol. The molecule has 3 aromatic rings. The topological polar surface area (TPSA) is 9.23 Å². The van der Waals surface area contributed by atoms with Crippen LogP contribution in [-0.4, -0.2) is 0 Å². The normalized spacial score (nSPS) is 10.3. The predicted octanol–water partition coefficient (Wildman–Crippen LogP) is 5.38. The summed E-state index contributed by atoms with van der Waals surface area (Å²) < 4.78 is 5.80. The lowest BCUT2D eigenvalue weighted by molar-refractivity contribution is 0.482. The number of para-hydroxylation sites is 1. The summed E-state index contributed by atoms with van der Waals surface area (Å²) in [6.07, 6.45) is 0.950. The van der Waals surface area contributed by atoms with Gasteiger partial charge in [-0.3, -0.25) is 0 Å². The fraction of sp³-hybridized carbons (Fsp3) is 0.100. The van der Waals surface area contributed by atoms with E-state index in [2.05, 4.69) is 43.3 Å². The maximum Gasteiger partial charge on any atom is 0.127 e. The van der Waals surface area contributed by atoms with Gasteiger partial charge in [0.2, 0.25) is 0 Å². The van der Waals surface area contributed by atoms with Gasteiger partial charge in [0.15, 0.2) is 0 Å². The minimum atomic E-state index is 0.865. The van der Waals surface area contributed by atoms with Crippen LogP contribution in [0.5, 0.6) is 11.5 Å². The summed E-state index contributed by atoms with van der Waals surface area (Å²) in [5.74, 6) is 1.73. The van der Waals surface area contributed by atoms with E-state index in [0.717, 1.165) is 17.9 Å². The Morgan fingerprint density at radius 1 is 0.619 bits per heavy atom. The molecule has 0 amide bonds. The summed E-state index contributed by atoms with van der Waals surface area (Å²) >= 11 is 0. The summed E-state index contributed by atoms with van der Waals surface area (Å²) in [5, 5.41) is 0. The molecule has 3 aromatic carbocycles. The number of hydrogen-bond donors (Lipinski definition) is 0. The van der Waals surface area contributed by atoms with Crippen LogP contribution in [0.1, 0.15) is 16.7 Å². The molecule has 0 saturated heterocycles. The van der Waals surface area contributed by atoms with Crippen molar-refractivity contribution in [3.8, 4) is 11.5 Å². The molecule has 0 atom stereocenters. The van der Waals surface area contributed by atoms with Gasteiger partial charge in [0.1, 0.15) is 11.5 Å². The molecule has 0 aliphatic rings. The van der Waals surface area contributed by atoms with E-state index in [9.17, 15) is 0 Å². The molecule has 0 aromatic heterocycles. The van der Waals surface area contributed by atoms with Crippen LogP contribution < -0.4 is 4.74 Å². The van der Waals surface area contributed by atoms with E-state index in [1.165, 1.54) is 16.7 Å². The number of hydrogen-bond acceptors (Lipinski definition) is 1. The molecule has 0 N–H and O–H groups in total. The van der Waals surface area contributed by atoms with Crippen molar-refractivity contribution in [3.05, 3.63) is 95.6 Å². The maximum absolute atomic E-state index is 5.80. The Labute approximate surface area is 125 Å². The van der Waals surface area contributed by atoms with Crippen LogP contribution in [0.15, 0.2) is 78.9 Å². The molecule has 0 bridgehead atoms. The molecule has 1 heteroatoms. The first-order chi connectivity index (χ1) is 10.3. The quantitative estimate of drug-likeness (QED) is 0.620. The first kappa shape index (κ1) is 13.4. The molecular formula is C20H18O. The Balaban J connectivity index is 1.68. The Morgan fingerprint density at radius 2 is 1.14 bits per heavy atom. The van der Waals surface area contributed by atoms with Crippen LogP contribution in [-0.2, 0) is 6.42 Å². The zero-order valence-corrected chi connectivity index (χ0v) is 12.1. The molecular weight excluding hydrogens is 256 g/mol. The van der Waals surface area contributed by atoms with E-state index >= 15 is 0 Å². The van der Waals surface area contributed by atoms with E-state index in [-0.39, 0.29) is 0 Å². The molecule has 0 aliphatic carbocycles. The van der Waals surface area contributed by atoms with Crippen molar-refractivity contribution >= 4 is 0 Å². The van der Waals surface area contributed by atoms with Crippen molar-refractivity contribution in [2.24, 2.45) is 0 Å². The first-order valence-corrected chi connectivity index (χ1v) is 7.17. The fourth-order valence-electron chi connectivity index (χ4n) is 2.24. The van der Waals surface area contributed by atoms with Gasteiger partial charge in [0.05, 0.1) is 0 Å². The van der Waals surface area contributed by atoms with Gasteiger partial charge in [-0.25, -0.2) is 0 Å². The van der Waals surface area contributed by atoms with Crippen LogP contribution in [0, 0.1) is 6.92 Å². The zero-order valence-electron chi connectivity index (χ0n) is 12.1. The van der Waals surface area contributed by atoms with E-state index in [1.54, 1.807) is 0 Å². The smallest absolute Gasteiger partial charge is 0.127 e. The van der Waals surface area contributed by atoms with Crippen LogP contribution in [0.3, 0.4) is 0 Å². The van der Waals surface area contributed by atoms with E-state index in [1.807, 2.05) is 42.5 Å². The van der Waals surface area contributed by atoms with Crippen molar-refractivity contribution in [2.45, 2.75) is 13.3 Å². The SMILES string of the molecule is Cc1ccc(Cc2ccc(Oc3ccccc3)cc2)cc1. The van der Waals surface area contributed by atoms with Gasteiger partial charge < -0.3 is 4.74 Å². The molecule has 0 radical (unpaired) electrons. The molecule has 21 heavy (non-hydrogen) atoms. The van der Waals surface area contributed by atoms with Gasteiger partial charge in [-0.05, 0) is 48.7 Å². The largest absolute Gasteiger partial charge is 0.457 e. The van der Waals surface area contributed by atoms with Gasteiger partial charge in [-0.1, -0.05) is 60.2 Å². The summed E-state index contributed by atoms with van der Waals surface area (Å²) in [4.78, 5) is 0. The second-order valence-electron chi connectivity index (χ2n) is 5.22. The van der Waals surface area contributed by atoms with Gasteiger partial charge in [-0.2, -0.15) is 0 Å². The first-order valence-electron chi connectivity index (χ1n) is 7.17. The molecule has 3 rings (SSSR count). The number of rotatable bonds is 4. The van der Waals surface area contributed by atoms with Crippen molar-refractivity contribution in [2.75, 3.05) is 0 Å². The number of aryl methyl sites for hydroxylation is 1.